The first kappa shape index (κ1) is 25.3. The third kappa shape index (κ3) is 6.74. The van der Waals surface area contributed by atoms with Crippen LogP contribution in [-0.2, 0) is 17.7 Å². The highest BCUT2D eigenvalue weighted by Gasteiger charge is 2.52. The summed E-state index contributed by atoms with van der Waals surface area (Å²) in [6.07, 6.45) is 1.03. The van der Waals surface area contributed by atoms with Crippen LogP contribution in [0.2, 0.25) is 22.2 Å². The normalized spacial score (nSPS) is 14.2. The third-order valence-corrected chi connectivity index (χ3v) is 14.4. The van der Waals surface area contributed by atoms with Gasteiger partial charge in [0.25, 0.3) is 0 Å². The summed E-state index contributed by atoms with van der Waals surface area (Å²) in [5, 5.41) is 0.0877. The smallest absolute Gasteiger partial charge is 0.343 e. The summed E-state index contributed by atoms with van der Waals surface area (Å²) < 4.78 is 25.2. The van der Waals surface area contributed by atoms with E-state index in [2.05, 4.69) is 69.2 Å². The molecular weight excluding hydrogens is 348 g/mol. The predicted octanol–water partition coefficient (Wildman–Crippen LogP) is 6.01. The Morgan fingerprint density at radius 2 is 0.760 bits per heavy atom. The molecule has 0 amide bonds. The van der Waals surface area contributed by atoms with Gasteiger partial charge in [-0.1, -0.05) is 41.5 Å². The highest BCUT2D eigenvalue weighted by Crippen LogP contribution is 2.45. The molecule has 0 aliphatic rings. The molecule has 0 radical (unpaired) electrons. The molecule has 0 atom stereocenters. The van der Waals surface area contributed by atoms with Crippen LogP contribution < -0.4 is 0 Å². The quantitative estimate of drug-likeness (QED) is 0.381. The van der Waals surface area contributed by atoms with E-state index in [0.717, 1.165) is 18.5 Å². The van der Waals surface area contributed by atoms with Gasteiger partial charge < -0.3 is 17.7 Å². The molecule has 0 N–H and O–H groups in total. The van der Waals surface area contributed by atoms with Crippen molar-refractivity contribution in [3.05, 3.63) is 0 Å². The number of hydrogen-bond donors (Lipinski definition) is 0. The molecular formula is C19H44O4Si2. The van der Waals surface area contributed by atoms with Gasteiger partial charge in [0.1, 0.15) is 0 Å². The van der Waals surface area contributed by atoms with Crippen molar-refractivity contribution in [1.82, 2.24) is 0 Å². The molecule has 6 heteroatoms. The van der Waals surface area contributed by atoms with Crippen LogP contribution in [0.15, 0.2) is 0 Å². The third-order valence-electron chi connectivity index (χ3n) is 4.81. The Bertz CT molecular complexity index is 315. The van der Waals surface area contributed by atoms with Crippen molar-refractivity contribution in [1.29, 1.82) is 0 Å². The topological polar surface area (TPSA) is 36.9 Å². The summed E-state index contributed by atoms with van der Waals surface area (Å²) in [5.41, 5.74) is 0. The van der Waals surface area contributed by atoms with Crippen molar-refractivity contribution in [2.75, 3.05) is 26.4 Å². The SMILES string of the molecule is CCO[Si](CCC[Si](OCC)(OCC)C(C)(C)C)(OCC)C(C)(C)C. The second-order valence-electron chi connectivity index (χ2n) is 8.59. The van der Waals surface area contributed by atoms with Crippen LogP contribution in [0.5, 0.6) is 0 Å². The molecule has 0 aliphatic carbocycles. The lowest BCUT2D eigenvalue weighted by Gasteiger charge is -2.43. The Hall–Kier alpha value is 0.274. The Labute approximate surface area is 159 Å². The van der Waals surface area contributed by atoms with Gasteiger partial charge in [0.2, 0.25) is 0 Å². The molecule has 0 heterocycles. The van der Waals surface area contributed by atoms with Gasteiger partial charge in [0.15, 0.2) is 0 Å². The maximum atomic E-state index is 6.31. The monoisotopic (exact) mass is 392 g/mol. The molecule has 0 bridgehead atoms. The summed E-state index contributed by atoms with van der Waals surface area (Å²) in [5.74, 6) is 0. The highest BCUT2D eigenvalue weighted by molar-refractivity contribution is 6.72. The molecule has 4 nitrogen and oxygen atoms in total. The summed E-state index contributed by atoms with van der Waals surface area (Å²) in [4.78, 5) is 0. The first-order valence-corrected chi connectivity index (χ1v) is 14.1. The number of rotatable bonds is 12. The standard InChI is InChI=1S/C19H44O4Si2/c1-11-20-24(21-12-2,18(5,6)7)16-15-17-25(22-13-3,23-14-4)19(8,9)10/h11-17H2,1-10H3. The Balaban J connectivity index is 5.36. The molecule has 0 aromatic heterocycles. The van der Waals surface area contributed by atoms with Crippen molar-refractivity contribution >= 4 is 17.1 Å². The zero-order valence-corrected chi connectivity index (χ0v) is 20.6. The predicted molar refractivity (Wildman–Crippen MR) is 112 cm³/mol. The Kier molecular flexibility index (Phi) is 10.7. The van der Waals surface area contributed by atoms with Gasteiger partial charge in [0.05, 0.1) is 0 Å². The van der Waals surface area contributed by atoms with Crippen LogP contribution in [0.25, 0.3) is 0 Å². The molecule has 0 aromatic carbocycles. The van der Waals surface area contributed by atoms with Gasteiger partial charge >= 0.3 is 17.1 Å². The van der Waals surface area contributed by atoms with Crippen LogP contribution in [0.4, 0.5) is 0 Å². The minimum absolute atomic E-state index is 0.0438. The first-order chi connectivity index (χ1) is 11.4. The van der Waals surface area contributed by atoms with E-state index >= 15 is 0 Å². The molecule has 0 rings (SSSR count). The van der Waals surface area contributed by atoms with Gasteiger partial charge in [-0.15, -0.1) is 0 Å². The van der Waals surface area contributed by atoms with Gasteiger partial charge in [-0.2, -0.15) is 0 Å². The Morgan fingerprint density at radius 1 is 0.520 bits per heavy atom. The average molecular weight is 393 g/mol. The molecule has 0 unspecified atom stereocenters. The summed E-state index contributed by atoms with van der Waals surface area (Å²) >= 11 is 0. The minimum Gasteiger partial charge on any atom is -0.394 e. The van der Waals surface area contributed by atoms with Crippen molar-refractivity contribution in [3.63, 3.8) is 0 Å². The second kappa shape index (κ2) is 10.6. The van der Waals surface area contributed by atoms with Gasteiger partial charge in [-0.3, -0.25) is 0 Å². The van der Waals surface area contributed by atoms with E-state index in [9.17, 15) is 0 Å². The molecule has 0 aliphatic heterocycles. The maximum absolute atomic E-state index is 6.31. The van der Waals surface area contributed by atoms with Crippen LogP contribution in [0.3, 0.4) is 0 Å². The van der Waals surface area contributed by atoms with Gasteiger partial charge in [-0.25, -0.2) is 0 Å². The largest absolute Gasteiger partial charge is 0.394 e. The van der Waals surface area contributed by atoms with Crippen molar-refractivity contribution in [2.24, 2.45) is 0 Å². The molecule has 0 aromatic rings. The van der Waals surface area contributed by atoms with E-state index in [0.29, 0.717) is 26.4 Å². The van der Waals surface area contributed by atoms with E-state index in [1.54, 1.807) is 0 Å². The van der Waals surface area contributed by atoms with E-state index in [4.69, 9.17) is 17.7 Å². The van der Waals surface area contributed by atoms with Gasteiger partial charge in [0, 0.05) is 36.5 Å². The summed E-state index contributed by atoms with van der Waals surface area (Å²) in [6.45, 7) is 24.6. The van der Waals surface area contributed by atoms with Crippen molar-refractivity contribution in [3.8, 4) is 0 Å². The summed E-state index contributed by atoms with van der Waals surface area (Å²) in [6, 6.07) is 1.98. The second-order valence-corrected chi connectivity index (χ2v) is 16.8. The fourth-order valence-corrected chi connectivity index (χ4v) is 11.0. The summed E-state index contributed by atoms with van der Waals surface area (Å²) in [7, 11) is -4.58. The molecule has 152 valence electrons. The molecule has 0 saturated heterocycles. The zero-order chi connectivity index (χ0) is 19.8. The van der Waals surface area contributed by atoms with Crippen LogP contribution in [0, 0.1) is 0 Å². The Morgan fingerprint density at radius 3 is 0.920 bits per heavy atom. The first-order valence-electron chi connectivity index (χ1n) is 10.0. The van der Waals surface area contributed by atoms with E-state index in [1.807, 2.05) is 0 Å². The van der Waals surface area contributed by atoms with E-state index in [1.165, 1.54) is 0 Å². The van der Waals surface area contributed by atoms with Crippen molar-refractivity contribution < 1.29 is 17.7 Å². The van der Waals surface area contributed by atoms with E-state index < -0.39 is 17.1 Å². The van der Waals surface area contributed by atoms with E-state index in [-0.39, 0.29) is 10.1 Å². The fraction of sp³-hybridized carbons (Fsp3) is 1.00. The highest BCUT2D eigenvalue weighted by atomic mass is 28.4. The maximum Gasteiger partial charge on any atom is 0.343 e. The van der Waals surface area contributed by atoms with Crippen molar-refractivity contribution in [2.45, 2.75) is 97.8 Å². The lowest BCUT2D eigenvalue weighted by Crippen LogP contribution is -2.53. The lowest BCUT2D eigenvalue weighted by atomic mass is 10.2. The molecule has 0 saturated carbocycles. The van der Waals surface area contributed by atoms with Crippen LogP contribution in [-0.4, -0.2) is 43.5 Å². The number of hydrogen-bond acceptors (Lipinski definition) is 4. The lowest BCUT2D eigenvalue weighted by molar-refractivity contribution is 0.153. The zero-order valence-electron chi connectivity index (χ0n) is 18.6. The minimum atomic E-state index is -2.29. The van der Waals surface area contributed by atoms with Crippen LogP contribution >= 0.6 is 0 Å². The molecule has 0 spiro atoms. The fourth-order valence-electron chi connectivity index (χ4n) is 3.47. The van der Waals surface area contributed by atoms with Gasteiger partial charge in [-0.05, 0) is 46.2 Å². The van der Waals surface area contributed by atoms with Crippen LogP contribution in [0.1, 0.15) is 75.7 Å². The average Bonchev–Trinajstić information content (AvgIpc) is 2.45. The molecule has 0 fully saturated rings. The molecule has 25 heavy (non-hydrogen) atoms.